The number of aliphatic carboxylic acids is 1. The zero-order valence-electron chi connectivity index (χ0n) is 17.0. The molecule has 7 heteroatoms. The topological polar surface area (TPSA) is 101 Å². The summed E-state index contributed by atoms with van der Waals surface area (Å²) in [7, 11) is -3.37. The minimum atomic E-state index is -3.37. The fourth-order valence-corrected chi connectivity index (χ4v) is 5.12. The highest BCUT2D eigenvalue weighted by molar-refractivity contribution is 7.92. The summed E-state index contributed by atoms with van der Waals surface area (Å²) in [5, 5.41) is 12.0. The average molecular weight is 390 g/mol. The second-order valence-electron chi connectivity index (χ2n) is 9.81. The molecule has 0 saturated heterocycles. The summed E-state index contributed by atoms with van der Waals surface area (Å²) in [6, 6.07) is -1.00. The maximum absolute atomic E-state index is 12.8. The van der Waals surface area contributed by atoms with Crippen LogP contribution in [0.15, 0.2) is 0 Å². The van der Waals surface area contributed by atoms with Gasteiger partial charge in [-0.15, -0.1) is 0 Å². The predicted octanol–water partition coefficient (Wildman–Crippen LogP) is 3.16. The Morgan fingerprint density at radius 2 is 1.54 bits per heavy atom. The number of sulfone groups is 1. The second-order valence-corrected chi connectivity index (χ2v) is 12.6. The third kappa shape index (κ3) is 5.96. The Morgan fingerprint density at radius 3 is 1.92 bits per heavy atom. The molecule has 1 fully saturated rings. The summed E-state index contributed by atoms with van der Waals surface area (Å²) in [6.07, 6.45) is 4.26. The molecule has 1 rings (SSSR count). The van der Waals surface area contributed by atoms with Gasteiger partial charge in [0, 0.05) is 6.42 Å². The lowest BCUT2D eigenvalue weighted by atomic mass is 9.73. The van der Waals surface area contributed by atoms with Gasteiger partial charge < -0.3 is 10.4 Å². The quantitative estimate of drug-likeness (QED) is 0.727. The number of carboxylic acids is 1. The van der Waals surface area contributed by atoms with Crippen molar-refractivity contribution < 1.29 is 23.1 Å². The van der Waals surface area contributed by atoms with Gasteiger partial charge in [-0.25, -0.2) is 13.2 Å². The van der Waals surface area contributed by atoms with Crippen molar-refractivity contribution in [1.82, 2.24) is 5.32 Å². The normalized spacial score (nSPS) is 19.6. The van der Waals surface area contributed by atoms with Gasteiger partial charge in [0.2, 0.25) is 5.91 Å². The summed E-state index contributed by atoms with van der Waals surface area (Å²) in [4.78, 5) is 24.1. The van der Waals surface area contributed by atoms with Crippen LogP contribution in [0.4, 0.5) is 0 Å². The van der Waals surface area contributed by atoms with Gasteiger partial charge in [0.1, 0.15) is 6.04 Å². The summed E-state index contributed by atoms with van der Waals surface area (Å²) >= 11 is 0. The number of nitrogens with one attached hydrogen (secondary N) is 1. The van der Waals surface area contributed by atoms with E-state index in [9.17, 15) is 23.1 Å². The first-order valence-corrected chi connectivity index (χ1v) is 11.0. The molecule has 0 radical (unpaired) electrons. The molecule has 1 aliphatic carbocycles. The van der Waals surface area contributed by atoms with Crippen LogP contribution in [0.2, 0.25) is 0 Å². The Hall–Kier alpha value is -1.11. The lowest BCUT2D eigenvalue weighted by Gasteiger charge is -2.39. The molecule has 0 aromatic heterocycles. The molecule has 0 aliphatic heterocycles. The van der Waals surface area contributed by atoms with E-state index in [0.717, 1.165) is 19.3 Å². The maximum Gasteiger partial charge on any atom is 0.326 e. The number of hydrogen-bond acceptors (Lipinski definition) is 4. The van der Waals surface area contributed by atoms with Crippen LogP contribution in [-0.4, -0.2) is 41.9 Å². The number of carbonyl (C=O) groups is 2. The van der Waals surface area contributed by atoms with E-state index in [1.54, 1.807) is 41.5 Å². The van der Waals surface area contributed by atoms with Crippen molar-refractivity contribution in [1.29, 1.82) is 0 Å². The number of carboxylic acid groups (broad SMARTS) is 1. The van der Waals surface area contributed by atoms with Gasteiger partial charge in [0.05, 0.1) is 10.5 Å². The Balaban J connectivity index is 3.01. The van der Waals surface area contributed by atoms with Crippen molar-refractivity contribution >= 4 is 21.7 Å². The first-order chi connectivity index (χ1) is 11.6. The molecule has 2 N–H and O–H groups in total. The van der Waals surface area contributed by atoms with Crippen LogP contribution in [0.5, 0.6) is 0 Å². The van der Waals surface area contributed by atoms with Crippen LogP contribution >= 0.6 is 0 Å². The van der Waals surface area contributed by atoms with Crippen molar-refractivity contribution in [3.63, 3.8) is 0 Å². The fourth-order valence-electron chi connectivity index (χ4n) is 3.49. The molecule has 0 bridgehead atoms. The van der Waals surface area contributed by atoms with Crippen molar-refractivity contribution in [2.45, 2.75) is 90.9 Å². The van der Waals surface area contributed by atoms with Crippen molar-refractivity contribution in [2.24, 2.45) is 10.8 Å². The van der Waals surface area contributed by atoms with Gasteiger partial charge in [-0.1, -0.05) is 40.0 Å². The van der Waals surface area contributed by atoms with Gasteiger partial charge in [-0.2, -0.15) is 0 Å². The van der Waals surface area contributed by atoms with Crippen LogP contribution in [-0.2, 0) is 19.4 Å². The number of hydrogen-bond donors (Lipinski definition) is 2. The smallest absolute Gasteiger partial charge is 0.326 e. The van der Waals surface area contributed by atoms with E-state index >= 15 is 0 Å². The Kier molecular flexibility index (Phi) is 6.94. The second kappa shape index (κ2) is 7.87. The fraction of sp³-hybridized carbons (Fsp3) is 0.895. The van der Waals surface area contributed by atoms with Gasteiger partial charge in [0.25, 0.3) is 0 Å². The van der Waals surface area contributed by atoms with E-state index in [1.165, 1.54) is 0 Å². The zero-order chi connectivity index (χ0) is 20.4. The van der Waals surface area contributed by atoms with E-state index in [4.69, 9.17) is 0 Å². The van der Waals surface area contributed by atoms with Crippen LogP contribution in [0.25, 0.3) is 0 Å². The summed E-state index contributed by atoms with van der Waals surface area (Å²) in [5.74, 6) is -1.48. The number of amides is 1. The molecule has 0 spiro atoms. The molecule has 6 nitrogen and oxygen atoms in total. The molecule has 152 valence electrons. The van der Waals surface area contributed by atoms with E-state index < -0.39 is 37.4 Å². The molecule has 0 aromatic carbocycles. The third-order valence-corrected chi connectivity index (χ3v) is 8.16. The molecule has 1 amide bonds. The monoisotopic (exact) mass is 389 g/mol. The predicted molar refractivity (Wildman–Crippen MR) is 103 cm³/mol. The molecule has 26 heavy (non-hydrogen) atoms. The molecule has 0 aromatic rings. The number of carbonyl (C=O) groups excluding carboxylic acids is 1. The largest absolute Gasteiger partial charge is 0.480 e. The summed E-state index contributed by atoms with van der Waals surface area (Å²) in [6.45, 7) is 10.3. The third-order valence-electron chi connectivity index (χ3n) is 5.30. The Labute approximate surface area is 158 Å². The lowest BCUT2D eigenvalue weighted by molar-refractivity contribution is -0.145. The van der Waals surface area contributed by atoms with Gasteiger partial charge in [0.15, 0.2) is 9.84 Å². The molecule has 0 heterocycles. The van der Waals surface area contributed by atoms with Crippen LogP contribution in [0.3, 0.4) is 0 Å². The standard InChI is InChI=1S/C19H35NO5S/c1-17(2,3)15(16(22)23)20-14(21)12-19(10-8-7-9-11-19)13-26(24,25)18(4,5)6/h15H,7-13H2,1-6H3,(H,20,21)(H,22,23)/t15-/m1/s1. The minimum absolute atomic E-state index is 0.0236. The van der Waals surface area contributed by atoms with Crippen molar-refractivity contribution in [3.05, 3.63) is 0 Å². The highest BCUT2D eigenvalue weighted by atomic mass is 32.2. The molecular weight excluding hydrogens is 354 g/mol. The Bertz CT molecular complexity index is 619. The van der Waals surface area contributed by atoms with E-state index in [2.05, 4.69) is 5.32 Å². The van der Waals surface area contributed by atoms with E-state index in [-0.39, 0.29) is 18.1 Å². The molecule has 1 atom stereocenters. The van der Waals surface area contributed by atoms with Crippen molar-refractivity contribution in [2.75, 3.05) is 5.75 Å². The summed E-state index contributed by atoms with van der Waals surface area (Å²) < 4.78 is 24.7. The molecule has 0 unspecified atom stereocenters. The number of rotatable bonds is 6. The van der Waals surface area contributed by atoms with Gasteiger partial charge >= 0.3 is 5.97 Å². The highest BCUT2D eigenvalue weighted by Gasteiger charge is 2.43. The zero-order valence-corrected chi connectivity index (χ0v) is 17.8. The van der Waals surface area contributed by atoms with Gasteiger partial charge in [-0.05, 0) is 44.4 Å². The SMILES string of the molecule is CC(C)(C)[C@H](NC(=O)CC1(CS(=O)(=O)C(C)(C)C)CCCCC1)C(=O)O. The average Bonchev–Trinajstić information content (AvgIpc) is 2.42. The Morgan fingerprint density at radius 1 is 1.04 bits per heavy atom. The summed E-state index contributed by atoms with van der Waals surface area (Å²) in [5.41, 5.74) is -1.23. The maximum atomic E-state index is 12.8. The highest BCUT2D eigenvalue weighted by Crippen LogP contribution is 2.42. The molecule has 1 aliphatic rings. The van der Waals surface area contributed by atoms with Crippen LogP contribution in [0, 0.1) is 10.8 Å². The van der Waals surface area contributed by atoms with E-state index in [1.807, 2.05) is 0 Å². The van der Waals surface area contributed by atoms with Crippen LogP contribution < -0.4 is 5.32 Å². The lowest BCUT2D eigenvalue weighted by Crippen LogP contribution is -2.51. The molecular formula is C19H35NO5S. The van der Waals surface area contributed by atoms with Crippen LogP contribution in [0.1, 0.15) is 80.1 Å². The molecule has 1 saturated carbocycles. The van der Waals surface area contributed by atoms with E-state index in [0.29, 0.717) is 12.8 Å². The first kappa shape index (κ1) is 22.9. The minimum Gasteiger partial charge on any atom is -0.480 e. The first-order valence-electron chi connectivity index (χ1n) is 9.34. The van der Waals surface area contributed by atoms with Crippen molar-refractivity contribution in [3.8, 4) is 0 Å². The van der Waals surface area contributed by atoms with Gasteiger partial charge in [-0.3, -0.25) is 4.79 Å².